The van der Waals surface area contributed by atoms with Crippen molar-refractivity contribution in [1.29, 1.82) is 0 Å². The van der Waals surface area contributed by atoms with Crippen molar-refractivity contribution >= 4 is 18.4 Å². The zero-order valence-electron chi connectivity index (χ0n) is 8.24. The van der Waals surface area contributed by atoms with Crippen molar-refractivity contribution in [3.8, 4) is 0 Å². The molecule has 3 N–H and O–H groups in total. The lowest BCUT2D eigenvalue weighted by atomic mass is 9.99. The molecule has 3 nitrogen and oxygen atoms in total. The van der Waals surface area contributed by atoms with Crippen molar-refractivity contribution in [1.82, 2.24) is 0 Å². The minimum absolute atomic E-state index is 0. The van der Waals surface area contributed by atoms with Crippen LogP contribution in [0.4, 0.5) is 4.39 Å². The van der Waals surface area contributed by atoms with E-state index in [1.54, 1.807) is 13.0 Å². The Bertz CT molecular complexity index is 357. The summed E-state index contributed by atoms with van der Waals surface area (Å²) in [5.74, 6) is -1.34. The molecule has 0 spiro atoms. The maximum absolute atomic E-state index is 13.1. The van der Waals surface area contributed by atoms with Crippen LogP contribution in [0.15, 0.2) is 18.2 Å². The Labute approximate surface area is 93.5 Å². The molecule has 84 valence electrons. The normalized spacial score (nSPS) is 11.7. The number of benzene rings is 1. The van der Waals surface area contributed by atoms with E-state index >= 15 is 0 Å². The first-order chi connectivity index (χ1) is 6.52. The van der Waals surface area contributed by atoms with Gasteiger partial charge >= 0.3 is 5.97 Å². The maximum atomic E-state index is 13.1. The highest BCUT2D eigenvalue weighted by molar-refractivity contribution is 5.85. The second kappa shape index (κ2) is 5.68. The van der Waals surface area contributed by atoms with E-state index in [2.05, 4.69) is 0 Å². The van der Waals surface area contributed by atoms with Gasteiger partial charge in [-0.05, 0) is 24.1 Å². The molecular formula is C10H13ClFNO2. The van der Waals surface area contributed by atoms with Gasteiger partial charge in [0.25, 0.3) is 0 Å². The van der Waals surface area contributed by atoms with Gasteiger partial charge in [-0.15, -0.1) is 12.4 Å². The minimum Gasteiger partial charge on any atom is -0.481 e. The average molecular weight is 234 g/mol. The number of carboxylic acid groups (broad SMARTS) is 1. The van der Waals surface area contributed by atoms with Crippen LogP contribution < -0.4 is 5.73 Å². The molecule has 0 bridgehead atoms. The van der Waals surface area contributed by atoms with Crippen LogP contribution in [0.2, 0.25) is 0 Å². The average Bonchev–Trinajstić information content (AvgIpc) is 2.08. The molecule has 0 saturated carbocycles. The smallest absolute Gasteiger partial charge is 0.305 e. The molecule has 1 atom stereocenters. The van der Waals surface area contributed by atoms with Gasteiger partial charge < -0.3 is 10.8 Å². The van der Waals surface area contributed by atoms with E-state index in [0.29, 0.717) is 11.1 Å². The highest BCUT2D eigenvalue weighted by atomic mass is 35.5. The predicted molar refractivity (Wildman–Crippen MR) is 57.6 cm³/mol. The van der Waals surface area contributed by atoms with Gasteiger partial charge in [-0.25, -0.2) is 4.39 Å². The number of carboxylic acids is 1. The molecule has 0 heterocycles. The van der Waals surface area contributed by atoms with Crippen molar-refractivity contribution in [2.24, 2.45) is 5.73 Å². The van der Waals surface area contributed by atoms with E-state index in [0.717, 1.165) is 0 Å². The topological polar surface area (TPSA) is 63.3 Å². The Kier molecular flexibility index (Phi) is 5.25. The van der Waals surface area contributed by atoms with E-state index in [9.17, 15) is 9.18 Å². The number of hydrogen-bond acceptors (Lipinski definition) is 2. The molecule has 0 saturated heterocycles. The number of carbonyl (C=O) groups is 1. The van der Waals surface area contributed by atoms with E-state index in [4.69, 9.17) is 10.8 Å². The standard InChI is InChI=1S/C10H12FNO2.ClH/c1-6-7(3-2-4-8(6)11)9(12)5-10(13)14;/h2-4,9H,5,12H2,1H3,(H,13,14);1H. The molecule has 1 unspecified atom stereocenters. The van der Waals surface area contributed by atoms with E-state index in [1.165, 1.54) is 12.1 Å². The van der Waals surface area contributed by atoms with E-state index in [1.807, 2.05) is 0 Å². The van der Waals surface area contributed by atoms with Crippen LogP contribution in [0.1, 0.15) is 23.6 Å². The lowest BCUT2D eigenvalue weighted by molar-refractivity contribution is -0.137. The monoisotopic (exact) mass is 233 g/mol. The van der Waals surface area contributed by atoms with Crippen LogP contribution in [0.25, 0.3) is 0 Å². The minimum atomic E-state index is -0.985. The first kappa shape index (κ1) is 13.9. The van der Waals surface area contributed by atoms with Crippen LogP contribution in [-0.4, -0.2) is 11.1 Å². The van der Waals surface area contributed by atoms with E-state index in [-0.39, 0.29) is 24.6 Å². The number of halogens is 2. The van der Waals surface area contributed by atoms with Crippen LogP contribution in [0.3, 0.4) is 0 Å². The number of aliphatic carboxylic acids is 1. The Morgan fingerprint density at radius 2 is 2.20 bits per heavy atom. The summed E-state index contributed by atoms with van der Waals surface area (Å²) in [6.45, 7) is 1.59. The number of nitrogens with two attached hydrogens (primary N) is 1. The number of hydrogen-bond donors (Lipinski definition) is 2. The molecule has 0 fully saturated rings. The summed E-state index contributed by atoms with van der Waals surface area (Å²) < 4.78 is 13.1. The first-order valence-corrected chi connectivity index (χ1v) is 4.24. The summed E-state index contributed by atoms with van der Waals surface area (Å²) in [6.07, 6.45) is -0.190. The van der Waals surface area contributed by atoms with Crippen LogP contribution in [0.5, 0.6) is 0 Å². The maximum Gasteiger partial charge on any atom is 0.305 e. The second-order valence-electron chi connectivity index (χ2n) is 3.16. The fourth-order valence-electron chi connectivity index (χ4n) is 1.32. The first-order valence-electron chi connectivity index (χ1n) is 4.24. The molecule has 0 aliphatic rings. The lowest BCUT2D eigenvalue weighted by Crippen LogP contribution is -2.16. The van der Waals surface area contributed by atoms with Crippen molar-refractivity contribution in [3.05, 3.63) is 35.1 Å². The summed E-state index contributed by atoms with van der Waals surface area (Å²) in [6, 6.07) is 3.85. The summed E-state index contributed by atoms with van der Waals surface area (Å²) in [5.41, 5.74) is 6.58. The second-order valence-corrected chi connectivity index (χ2v) is 3.16. The summed E-state index contributed by atoms with van der Waals surface area (Å²) in [4.78, 5) is 10.4. The van der Waals surface area contributed by atoms with Crippen molar-refractivity contribution in [2.75, 3.05) is 0 Å². The van der Waals surface area contributed by atoms with Gasteiger partial charge in [-0.3, -0.25) is 4.79 Å². The molecule has 1 aromatic rings. The van der Waals surface area contributed by atoms with E-state index < -0.39 is 12.0 Å². The van der Waals surface area contributed by atoms with Crippen LogP contribution in [0, 0.1) is 12.7 Å². The van der Waals surface area contributed by atoms with Gasteiger partial charge in [0.1, 0.15) is 5.82 Å². The molecule has 0 amide bonds. The van der Waals surface area contributed by atoms with Crippen LogP contribution in [-0.2, 0) is 4.79 Å². The third kappa shape index (κ3) is 3.49. The molecule has 1 aromatic carbocycles. The Balaban J connectivity index is 0.00000196. The fraction of sp³-hybridized carbons (Fsp3) is 0.300. The van der Waals surface area contributed by atoms with Crippen molar-refractivity contribution < 1.29 is 14.3 Å². The molecular weight excluding hydrogens is 221 g/mol. The third-order valence-electron chi connectivity index (χ3n) is 2.10. The summed E-state index contributed by atoms with van der Waals surface area (Å²) in [5, 5.41) is 8.53. The zero-order valence-corrected chi connectivity index (χ0v) is 9.05. The largest absolute Gasteiger partial charge is 0.481 e. The number of rotatable bonds is 3. The highest BCUT2D eigenvalue weighted by Crippen LogP contribution is 2.20. The predicted octanol–water partition coefficient (Wildman–Crippen LogP) is 2.03. The molecule has 0 aromatic heterocycles. The lowest BCUT2D eigenvalue weighted by Gasteiger charge is -2.12. The summed E-state index contributed by atoms with van der Waals surface area (Å²) >= 11 is 0. The van der Waals surface area contributed by atoms with Gasteiger partial charge in [-0.2, -0.15) is 0 Å². The Morgan fingerprint density at radius 1 is 1.60 bits per heavy atom. The molecule has 1 rings (SSSR count). The zero-order chi connectivity index (χ0) is 10.7. The molecule has 0 aliphatic carbocycles. The van der Waals surface area contributed by atoms with Crippen LogP contribution >= 0.6 is 12.4 Å². The molecule has 0 aliphatic heterocycles. The fourth-order valence-corrected chi connectivity index (χ4v) is 1.32. The highest BCUT2D eigenvalue weighted by Gasteiger charge is 2.14. The van der Waals surface area contributed by atoms with Crippen molar-refractivity contribution in [3.63, 3.8) is 0 Å². The quantitative estimate of drug-likeness (QED) is 0.840. The van der Waals surface area contributed by atoms with Gasteiger partial charge in [0.15, 0.2) is 0 Å². The Hall–Kier alpha value is -1.13. The SMILES string of the molecule is Cc1c(F)cccc1C(N)CC(=O)O.Cl. The molecule has 0 radical (unpaired) electrons. The van der Waals surface area contributed by atoms with Gasteiger partial charge in [0, 0.05) is 6.04 Å². The van der Waals surface area contributed by atoms with Gasteiger partial charge in [0.2, 0.25) is 0 Å². The summed E-state index contributed by atoms with van der Waals surface area (Å²) in [7, 11) is 0. The van der Waals surface area contributed by atoms with Gasteiger partial charge in [0.05, 0.1) is 6.42 Å². The van der Waals surface area contributed by atoms with Crippen molar-refractivity contribution in [2.45, 2.75) is 19.4 Å². The third-order valence-corrected chi connectivity index (χ3v) is 2.10. The molecule has 5 heteroatoms. The van der Waals surface area contributed by atoms with Gasteiger partial charge in [-0.1, -0.05) is 12.1 Å². The Morgan fingerprint density at radius 3 is 2.73 bits per heavy atom. The molecule has 15 heavy (non-hydrogen) atoms.